The largest absolute Gasteiger partial charge is 0.396 e. The van der Waals surface area contributed by atoms with Crippen LogP contribution in [0.3, 0.4) is 0 Å². The SMILES string of the molecule is Nc1ccc(S(=O)(=O)NC2(CO)CC2)cc1F. The molecule has 0 aliphatic heterocycles. The van der Waals surface area contributed by atoms with Crippen LogP contribution in [0.25, 0.3) is 0 Å². The van der Waals surface area contributed by atoms with E-state index in [0.717, 1.165) is 6.07 Å². The third kappa shape index (κ3) is 2.41. The zero-order valence-corrected chi connectivity index (χ0v) is 9.80. The lowest BCUT2D eigenvalue weighted by Gasteiger charge is -2.14. The van der Waals surface area contributed by atoms with Gasteiger partial charge in [0.1, 0.15) is 5.82 Å². The first-order valence-electron chi connectivity index (χ1n) is 5.08. The smallest absolute Gasteiger partial charge is 0.241 e. The molecule has 0 unspecified atom stereocenters. The van der Waals surface area contributed by atoms with Crippen molar-refractivity contribution in [3.63, 3.8) is 0 Å². The maximum Gasteiger partial charge on any atom is 0.241 e. The Labute approximate surface area is 98.5 Å². The van der Waals surface area contributed by atoms with E-state index in [1.54, 1.807) is 0 Å². The van der Waals surface area contributed by atoms with Gasteiger partial charge in [-0.2, -0.15) is 0 Å². The molecule has 1 saturated carbocycles. The highest BCUT2D eigenvalue weighted by atomic mass is 32.2. The third-order valence-electron chi connectivity index (χ3n) is 2.79. The van der Waals surface area contributed by atoms with Crippen molar-refractivity contribution in [2.45, 2.75) is 23.3 Å². The molecule has 0 spiro atoms. The lowest BCUT2D eigenvalue weighted by atomic mass is 10.3. The predicted octanol–water partition coefficient (Wildman–Crippen LogP) is 0.211. The number of rotatable bonds is 4. The van der Waals surface area contributed by atoms with Crippen LogP contribution in [0.2, 0.25) is 0 Å². The van der Waals surface area contributed by atoms with Crippen molar-refractivity contribution in [1.29, 1.82) is 0 Å². The minimum absolute atomic E-state index is 0.104. The van der Waals surface area contributed by atoms with Crippen molar-refractivity contribution < 1.29 is 17.9 Å². The van der Waals surface area contributed by atoms with Gasteiger partial charge in [-0.3, -0.25) is 0 Å². The molecular weight excluding hydrogens is 247 g/mol. The Balaban J connectivity index is 2.29. The summed E-state index contributed by atoms with van der Waals surface area (Å²) in [6.45, 7) is -0.260. The Morgan fingerprint density at radius 2 is 2.12 bits per heavy atom. The number of aliphatic hydroxyl groups excluding tert-OH is 1. The van der Waals surface area contributed by atoms with E-state index >= 15 is 0 Å². The third-order valence-corrected chi connectivity index (χ3v) is 4.37. The van der Waals surface area contributed by atoms with Crippen LogP contribution >= 0.6 is 0 Å². The summed E-state index contributed by atoms with van der Waals surface area (Å²) in [6.07, 6.45) is 1.17. The highest BCUT2D eigenvalue weighted by Crippen LogP contribution is 2.36. The summed E-state index contributed by atoms with van der Waals surface area (Å²) >= 11 is 0. The van der Waals surface area contributed by atoms with Gasteiger partial charge in [0.05, 0.1) is 22.7 Å². The summed E-state index contributed by atoms with van der Waals surface area (Å²) in [7, 11) is -3.81. The van der Waals surface area contributed by atoms with Gasteiger partial charge in [-0.15, -0.1) is 0 Å². The molecule has 94 valence electrons. The normalized spacial score (nSPS) is 18.0. The van der Waals surface area contributed by atoms with Gasteiger partial charge in [0.25, 0.3) is 0 Å². The summed E-state index contributed by atoms with van der Waals surface area (Å²) < 4.78 is 39.3. The predicted molar refractivity (Wildman–Crippen MR) is 60.2 cm³/mol. The molecule has 1 aliphatic rings. The number of benzene rings is 1. The molecule has 5 nitrogen and oxygen atoms in total. The van der Waals surface area contributed by atoms with Crippen LogP contribution in [0.5, 0.6) is 0 Å². The monoisotopic (exact) mass is 260 g/mol. The topological polar surface area (TPSA) is 92.4 Å². The van der Waals surface area contributed by atoms with Crippen molar-refractivity contribution >= 4 is 15.7 Å². The van der Waals surface area contributed by atoms with Crippen molar-refractivity contribution in [2.24, 2.45) is 0 Å². The molecule has 0 aromatic heterocycles. The molecule has 0 radical (unpaired) electrons. The molecule has 0 amide bonds. The number of nitrogens with one attached hydrogen (secondary N) is 1. The lowest BCUT2D eigenvalue weighted by Crippen LogP contribution is -2.39. The van der Waals surface area contributed by atoms with Gasteiger partial charge in [-0.1, -0.05) is 0 Å². The molecular formula is C10H13FN2O3S. The lowest BCUT2D eigenvalue weighted by molar-refractivity contribution is 0.246. The van der Waals surface area contributed by atoms with Crippen molar-refractivity contribution in [1.82, 2.24) is 4.72 Å². The summed E-state index contributed by atoms with van der Waals surface area (Å²) in [5.74, 6) is -0.776. The molecule has 17 heavy (non-hydrogen) atoms. The van der Waals surface area contributed by atoms with E-state index in [4.69, 9.17) is 10.8 Å². The van der Waals surface area contributed by atoms with E-state index in [0.29, 0.717) is 12.8 Å². The van der Waals surface area contributed by atoms with Gasteiger partial charge in [0, 0.05) is 0 Å². The fourth-order valence-electron chi connectivity index (χ4n) is 1.46. The second kappa shape index (κ2) is 3.94. The van der Waals surface area contributed by atoms with Crippen molar-refractivity contribution in [3.8, 4) is 0 Å². The molecule has 1 aromatic carbocycles. The first-order valence-corrected chi connectivity index (χ1v) is 6.57. The molecule has 1 fully saturated rings. The number of nitrogens with two attached hydrogens (primary N) is 1. The number of hydrogen-bond donors (Lipinski definition) is 3. The van der Waals surface area contributed by atoms with Crippen LogP contribution in [-0.2, 0) is 10.0 Å². The van der Waals surface area contributed by atoms with Crippen LogP contribution in [0, 0.1) is 5.82 Å². The molecule has 0 saturated heterocycles. The summed E-state index contributed by atoms with van der Waals surface area (Å²) in [6, 6.07) is 3.29. The van der Waals surface area contributed by atoms with Crippen LogP contribution in [-0.4, -0.2) is 25.7 Å². The number of anilines is 1. The molecule has 0 bridgehead atoms. The molecule has 4 N–H and O–H groups in total. The average Bonchev–Trinajstić information content (AvgIpc) is 3.02. The number of hydrogen-bond acceptors (Lipinski definition) is 4. The van der Waals surface area contributed by atoms with E-state index in [9.17, 15) is 12.8 Å². The van der Waals surface area contributed by atoms with Gasteiger partial charge >= 0.3 is 0 Å². The number of nitrogen functional groups attached to an aromatic ring is 1. The molecule has 7 heteroatoms. The van der Waals surface area contributed by atoms with Crippen LogP contribution in [0.4, 0.5) is 10.1 Å². The molecule has 0 atom stereocenters. The van der Waals surface area contributed by atoms with E-state index in [2.05, 4.69) is 4.72 Å². The fraction of sp³-hybridized carbons (Fsp3) is 0.400. The zero-order chi connectivity index (χ0) is 12.7. The zero-order valence-electron chi connectivity index (χ0n) is 8.98. The Kier molecular flexibility index (Phi) is 2.84. The van der Waals surface area contributed by atoms with Gasteiger partial charge in [0.15, 0.2) is 0 Å². The maximum absolute atomic E-state index is 13.2. The van der Waals surface area contributed by atoms with Gasteiger partial charge < -0.3 is 10.8 Å². The van der Waals surface area contributed by atoms with Gasteiger partial charge in [-0.25, -0.2) is 17.5 Å². The van der Waals surface area contributed by atoms with E-state index in [-0.39, 0.29) is 17.2 Å². The second-order valence-electron chi connectivity index (χ2n) is 4.23. The van der Waals surface area contributed by atoms with Crippen molar-refractivity contribution in [3.05, 3.63) is 24.0 Å². The Bertz CT molecular complexity index is 540. The Morgan fingerprint density at radius 1 is 1.47 bits per heavy atom. The second-order valence-corrected chi connectivity index (χ2v) is 5.91. The summed E-state index contributed by atoms with van der Waals surface area (Å²) in [5.41, 5.74) is 4.40. The van der Waals surface area contributed by atoms with Gasteiger partial charge in [-0.05, 0) is 31.0 Å². The average molecular weight is 260 g/mol. The van der Waals surface area contributed by atoms with E-state index in [1.165, 1.54) is 12.1 Å². The summed E-state index contributed by atoms with van der Waals surface area (Å²) in [4.78, 5) is -0.191. The molecule has 2 rings (SSSR count). The summed E-state index contributed by atoms with van der Waals surface area (Å²) in [5, 5.41) is 9.04. The van der Waals surface area contributed by atoms with Crippen LogP contribution in [0.15, 0.2) is 23.1 Å². The number of aliphatic hydroxyl groups is 1. The first-order chi connectivity index (χ1) is 7.88. The molecule has 1 aliphatic carbocycles. The fourth-order valence-corrected chi connectivity index (χ4v) is 2.92. The maximum atomic E-state index is 13.2. The quantitative estimate of drug-likeness (QED) is 0.675. The highest BCUT2D eigenvalue weighted by Gasteiger charge is 2.45. The van der Waals surface area contributed by atoms with Crippen LogP contribution in [0.1, 0.15) is 12.8 Å². The van der Waals surface area contributed by atoms with E-state index < -0.39 is 21.4 Å². The van der Waals surface area contributed by atoms with Crippen LogP contribution < -0.4 is 10.5 Å². The number of sulfonamides is 1. The Hall–Kier alpha value is -1.18. The minimum atomic E-state index is -3.81. The molecule has 0 heterocycles. The minimum Gasteiger partial charge on any atom is -0.396 e. The standard InChI is InChI=1S/C10H13FN2O3S/c11-8-5-7(1-2-9(8)12)17(15,16)13-10(6-14)3-4-10/h1-2,5,13-14H,3-4,6,12H2. The molecule has 1 aromatic rings. The van der Waals surface area contributed by atoms with Crippen molar-refractivity contribution in [2.75, 3.05) is 12.3 Å². The van der Waals surface area contributed by atoms with E-state index in [1.807, 2.05) is 0 Å². The number of halogens is 1. The highest BCUT2D eigenvalue weighted by molar-refractivity contribution is 7.89. The first kappa shape index (κ1) is 12.3. The van der Waals surface area contributed by atoms with Gasteiger partial charge in [0.2, 0.25) is 10.0 Å². The Morgan fingerprint density at radius 3 is 2.59 bits per heavy atom.